The van der Waals surface area contributed by atoms with E-state index in [1.807, 2.05) is 0 Å². The number of rotatable bonds is 4. The molecule has 0 bridgehead atoms. The van der Waals surface area contributed by atoms with E-state index in [0.717, 1.165) is 0 Å². The molecule has 0 atom stereocenters. The number of halogens is 1. The Hall–Kier alpha value is -1.12. The van der Waals surface area contributed by atoms with E-state index in [-0.39, 0.29) is 11.3 Å². The van der Waals surface area contributed by atoms with Crippen LogP contribution in [0.15, 0.2) is 22.7 Å². The van der Waals surface area contributed by atoms with Crippen LogP contribution in [0.2, 0.25) is 0 Å². The van der Waals surface area contributed by atoms with Gasteiger partial charge in [0.25, 0.3) is 0 Å². The van der Waals surface area contributed by atoms with Gasteiger partial charge in [0.1, 0.15) is 0 Å². The topological polar surface area (TPSA) is 92.7 Å². The second kappa shape index (κ2) is 6.11. The first-order chi connectivity index (χ1) is 9.42. The van der Waals surface area contributed by atoms with Crippen LogP contribution in [0.25, 0.3) is 0 Å². The minimum Gasteiger partial charge on any atom is -0.478 e. The van der Waals surface area contributed by atoms with Gasteiger partial charge in [-0.3, -0.25) is 4.72 Å². The highest BCUT2D eigenvalue weighted by Crippen LogP contribution is 2.29. The first-order valence-corrected chi connectivity index (χ1v) is 8.37. The summed E-state index contributed by atoms with van der Waals surface area (Å²) >= 11 is 3.18. The molecule has 1 aliphatic heterocycles. The number of nitrogens with one attached hydrogen (secondary N) is 1. The smallest absolute Gasteiger partial charge is 0.337 e. The summed E-state index contributed by atoms with van der Waals surface area (Å²) < 4.78 is 32.5. The van der Waals surface area contributed by atoms with Crippen molar-refractivity contribution in [3.8, 4) is 0 Å². The van der Waals surface area contributed by atoms with Crippen molar-refractivity contribution < 1.29 is 23.1 Å². The molecule has 8 heteroatoms. The number of carbonyl (C=O) groups is 1. The Morgan fingerprint density at radius 3 is 2.60 bits per heavy atom. The van der Waals surface area contributed by atoms with Crippen LogP contribution < -0.4 is 4.72 Å². The van der Waals surface area contributed by atoms with Crippen molar-refractivity contribution in [2.45, 2.75) is 18.1 Å². The van der Waals surface area contributed by atoms with Gasteiger partial charge in [-0.15, -0.1) is 0 Å². The van der Waals surface area contributed by atoms with Crippen LogP contribution in [0.3, 0.4) is 0 Å². The van der Waals surface area contributed by atoms with Crippen molar-refractivity contribution in [2.24, 2.45) is 0 Å². The van der Waals surface area contributed by atoms with Crippen LogP contribution in [0.1, 0.15) is 23.2 Å². The summed E-state index contributed by atoms with van der Waals surface area (Å²) in [6.07, 6.45) is 0.810. The lowest BCUT2D eigenvalue weighted by Crippen LogP contribution is -2.33. The predicted molar refractivity (Wildman–Crippen MR) is 77.5 cm³/mol. The number of benzene rings is 1. The van der Waals surface area contributed by atoms with Gasteiger partial charge < -0.3 is 9.84 Å². The van der Waals surface area contributed by atoms with Crippen molar-refractivity contribution in [1.82, 2.24) is 0 Å². The van der Waals surface area contributed by atoms with Crippen LogP contribution >= 0.6 is 15.9 Å². The summed E-state index contributed by atoms with van der Waals surface area (Å²) in [4.78, 5) is 11.2. The lowest BCUT2D eigenvalue weighted by Gasteiger charge is -2.23. The largest absolute Gasteiger partial charge is 0.478 e. The van der Waals surface area contributed by atoms with Gasteiger partial charge in [-0.1, -0.05) is 6.07 Å². The van der Waals surface area contributed by atoms with Crippen LogP contribution in [-0.2, 0) is 14.8 Å². The Bertz CT molecular complexity index is 610. The van der Waals surface area contributed by atoms with E-state index in [9.17, 15) is 13.2 Å². The van der Waals surface area contributed by atoms with Crippen molar-refractivity contribution in [2.75, 3.05) is 17.9 Å². The molecule has 1 aromatic rings. The summed E-state index contributed by atoms with van der Waals surface area (Å²) in [7, 11) is -3.64. The minimum absolute atomic E-state index is 0.0616. The zero-order valence-corrected chi connectivity index (χ0v) is 12.9. The van der Waals surface area contributed by atoms with Crippen molar-refractivity contribution in [3.63, 3.8) is 0 Å². The zero-order valence-electron chi connectivity index (χ0n) is 10.5. The first kappa shape index (κ1) is 15.3. The number of sulfonamides is 1. The Morgan fingerprint density at radius 1 is 1.35 bits per heavy atom. The third-order valence-electron chi connectivity index (χ3n) is 3.10. The van der Waals surface area contributed by atoms with Gasteiger partial charge in [-0.25, -0.2) is 13.2 Å². The highest BCUT2D eigenvalue weighted by molar-refractivity contribution is 9.10. The van der Waals surface area contributed by atoms with Gasteiger partial charge >= 0.3 is 5.97 Å². The van der Waals surface area contributed by atoms with E-state index < -0.39 is 21.2 Å². The third-order valence-corrected chi connectivity index (χ3v) is 5.59. The lowest BCUT2D eigenvalue weighted by atomic mass is 10.2. The molecule has 0 saturated carbocycles. The van der Waals surface area contributed by atoms with E-state index in [1.165, 1.54) is 6.07 Å². The summed E-state index contributed by atoms with van der Waals surface area (Å²) in [5.41, 5.74) is -0.0264. The number of hydrogen-bond acceptors (Lipinski definition) is 4. The zero-order chi connectivity index (χ0) is 14.8. The molecule has 1 fully saturated rings. The number of ether oxygens (including phenoxy) is 1. The Morgan fingerprint density at radius 2 is 2.00 bits per heavy atom. The van der Waals surface area contributed by atoms with E-state index in [4.69, 9.17) is 9.84 Å². The average molecular weight is 364 g/mol. The van der Waals surface area contributed by atoms with E-state index >= 15 is 0 Å². The number of carboxylic acid groups (broad SMARTS) is 1. The van der Waals surface area contributed by atoms with Crippen LogP contribution in [-0.4, -0.2) is 38.0 Å². The van der Waals surface area contributed by atoms with Crippen molar-refractivity contribution in [3.05, 3.63) is 28.2 Å². The molecular weight excluding hydrogens is 350 g/mol. The van der Waals surface area contributed by atoms with Crippen molar-refractivity contribution in [1.29, 1.82) is 0 Å². The Balaban J connectivity index is 2.31. The van der Waals surface area contributed by atoms with Gasteiger partial charge in [-0.2, -0.15) is 0 Å². The quantitative estimate of drug-likeness (QED) is 0.853. The minimum atomic E-state index is -3.64. The normalized spacial score (nSPS) is 16.9. The highest BCUT2D eigenvalue weighted by Gasteiger charge is 2.29. The van der Waals surface area contributed by atoms with Gasteiger partial charge in [-0.05, 0) is 40.9 Å². The molecule has 0 unspecified atom stereocenters. The number of carboxylic acids is 1. The molecule has 1 heterocycles. The summed E-state index contributed by atoms with van der Waals surface area (Å²) in [5, 5.41) is 8.56. The molecule has 20 heavy (non-hydrogen) atoms. The van der Waals surface area contributed by atoms with Gasteiger partial charge in [0.2, 0.25) is 10.0 Å². The average Bonchev–Trinajstić information content (AvgIpc) is 2.41. The standard InChI is InChI=1S/C12H14BrNO5S/c13-10-3-1-2-9(12(15)16)11(10)14-20(17,18)8-4-6-19-7-5-8/h1-3,8,14H,4-7H2,(H,15,16). The number of anilines is 1. The van der Waals surface area contributed by atoms with Crippen LogP contribution in [0.5, 0.6) is 0 Å². The SMILES string of the molecule is O=C(O)c1cccc(Br)c1NS(=O)(=O)C1CCOCC1. The molecule has 2 rings (SSSR count). The third kappa shape index (κ3) is 3.31. The van der Waals surface area contributed by atoms with E-state index in [0.29, 0.717) is 30.5 Å². The highest BCUT2D eigenvalue weighted by atomic mass is 79.9. The van der Waals surface area contributed by atoms with Crippen LogP contribution in [0, 0.1) is 0 Å². The molecule has 110 valence electrons. The monoisotopic (exact) mass is 363 g/mol. The van der Waals surface area contributed by atoms with Gasteiger partial charge in [0, 0.05) is 17.7 Å². The molecule has 2 N–H and O–H groups in total. The fraction of sp³-hybridized carbons (Fsp3) is 0.417. The molecule has 1 aliphatic rings. The molecule has 1 aromatic carbocycles. The molecule has 1 saturated heterocycles. The molecule has 0 radical (unpaired) electrons. The summed E-state index contributed by atoms with van der Waals surface area (Å²) in [5.74, 6) is -1.18. The second-order valence-corrected chi connectivity index (χ2v) is 7.24. The maximum Gasteiger partial charge on any atom is 0.337 e. The fourth-order valence-electron chi connectivity index (χ4n) is 2.02. The summed E-state index contributed by atoms with van der Waals surface area (Å²) in [6.45, 7) is 0.792. The maximum absolute atomic E-state index is 12.3. The Kier molecular flexibility index (Phi) is 4.66. The molecule has 0 spiro atoms. The van der Waals surface area contributed by atoms with E-state index in [2.05, 4.69) is 20.7 Å². The second-order valence-electron chi connectivity index (χ2n) is 4.43. The number of hydrogen-bond donors (Lipinski definition) is 2. The Labute approximate surface area is 125 Å². The number of aromatic carboxylic acids is 1. The molecule has 0 aliphatic carbocycles. The predicted octanol–water partition coefficient (Wildman–Crippen LogP) is 2.07. The maximum atomic E-state index is 12.3. The van der Waals surface area contributed by atoms with Crippen LogP contribution in [0.4, 0.5) is 5.69 Å². The van der Waals surface area contributed by atoms with Crippen molar-refractivity contribution >= 4 is 37.6 Å². The lowest BCUT2D eigenvalue weighted by molar-refractivity contribution is 0.0698. The van der Waals surface area contributed by atoms with E-state index in [1.54, 1.807) is 12.1 Å². The number of para-hydroxylation sites is 1. The molecule has 0 aromatic heterocycles. The van der Waals surface area contributed by atoms with Gasteiger partial charge in [0.05, 0.1) is 16.5 Å². The fourth-order valence-corrected chi connectivity index (χ4v) is 4.10. The summed E-state index contributed by atoms with van der Waals surface area (Å²) in [6, 6.07) is 4.49. The first-order valence-electron chi connectivity index (χ1n) is 6.03. The molecule has 0 amide bonds. The molecular formula is C12H14BrNO5S. The van der Waals surface area contributed by atoms with Gasteiger partial charge in [0.15, 0.2) is 0 Å². The molecule has 6 nitrogen and oxygen atoms in total.